The van der Waals surface area contributed by atoms with Gasteiger partial charge in [0.2, 0.25) is 5.76 Å². The maximum Gasteiger partial charge on any atom is 0.375 e. The smallest absolute Gasteiger partial charge is 0.375 e. The molecule has 26 heavy (non-hydrogen) atoms. The Bertz CT molecular complexity index is 898. The van der Waals surface area contributed by atoms with Gasteiger partial charge >= 0.3 is 5.97 Å². The lowest BCUT2D eigenvalue weighted by molar-refractivity contribution is -0.123. The topological polar surface area (TPSA) is 77.8 Å². The monoisotopic (exact) mass is 353 g/mol. The second-order valence-electron chi connectivity index (χ2n) is 5.61. The first-order chi connectivity index (χ1) is 12.6. The van der Waals surface area contributed by atoms with Crippen molar-refractivity contribution in [3.63, 3.8) is 0 Å². The number of hydrogen-bond donors (Lipinski definition) is 1. The van der Waals surface area contributed by atoms with E-state index >= 15 is 0 Å². The number of benzene rings is 2. The van der Waals surface area contributed by atoms with Crippen LogP contribution in [-0.2, 0) is 9.53 Å². The SMILES string of the molecule is CCOc1ccccc1NC(=O)[C@H](C)OC(=O)c1cc2ccccc2o1. The molecule has 0 aliphatic rings. The molecule has 1 N–H and O–H groups in total. The van der Waals surface area contributed by atoms with Gasteiger partial charge in [-0.3, -0.25) is 4.79 Å². The molecule has 6 heteroatoms. The molecule has 0 radical (unpaired) electrons. The van der Waals surface area contributed by atoms with Crippen molar-refractivity contribution in [1.82, 2.24) is 0 Å². The van der Waals surface area contributed by atoms with E-state index in [1.165, 1.54) is 6.92 Å². The van der Waals surface area contributed by atoms with Crippen molar-refractivity contribution in [3.8, 4) is 5.75 Å². The van der Waals surface area contributed by atoms with Gasteiger partial charge in [-0.2, -0.15) is 0 Å². The minimum Gasteiger partial charge on any atom is -0.492 e. The Morgan fingerprint density at radius 1 is 1.12 bits per heavy atom. The van der Waals surface area contributed by atoms with Crippen LogP contribution >= 0.6 is 0 Å². The second kappa shape index (κ2) is 7.74. The van der Waals surface area contributed by atoms with Gasteiger partial charge in [0.1, 0.15) is 11.3 Å². The predicted octanol–water partition coefficient (Wildman–Crippen LogP) is 4.02. The number of furan rings is 1. The van der Waals surface area contributed by atoms with Crippen LogP contribution in [0.5, 0.6) is 5.75 Å². The van der Waals surface area contributed by atoms with Gasteiger partial charge in [0.15, 0.2) is 6.10 Å². The number of hydrogen-bond acceptors (Lipinski definition) is 5. The Hall–Kier alpha value is -3.28. The number of esters is 1. The van der Waals surface area contributed by atoms with E-state index in [9.17, 15) is 9.59 Å². The number of carbonyl (C=O) groups excluding carboxylic acids is 2. The van der Waals surface area contributed by atoms with Gasteiger partial charge in [-0.25, -0.2) is 4.79 Å². The summed E-state index contributed by atoms with van der Waals surface area (Å²) in [6.45, 7) is 3.83. The first kappa shape index (κ1) is 17.5. The van der Waals surface area contributed by atoms with Gasteiger partial charge in [-0.05, 0) is 38.1 Å². The molecule has 6 nitrogen and oxygen atoms in total. The molecular formula is C20H19NO5. The molecule has 1 amide bonds. The number of anilines is 1. The van der Waals surface area contributed by atoms with Crippen LogP contribution in [0.25, 0.3) is 11.0 Å². The van der Waals surface area contributed by atoms with E-state index in [-0.39, 0.29) is 5.76 Å². The lowest BCUT2D eigenvalue weighted by atomic mass is 10.2. The highest BCUT2D eigenvalue weighted by atomic mass is 16.6. The van der Waals surface area contributed by atoms with E-state index in [0.29, 0.717) is 23.6 Å². The lowest BCUT2D eigenvalue weighted by Crippen LogP contribution is -2.30. The number of rotatable bonds is 6. The third-order valence-corrected chi connectivity index (χ3v) is 3.72. The van der Waals surface area contributed by atoms with E-state index in [4.69, 9.17) is 13.9 Å². The number of amides is 1. The third-order valence-electron chi connectivity index (χ3n) is 3.72. The molecule has 0 saturated heterocycles. The summed E-state index contributed by atoms with van der Waals surface area (Å²) in [6.07, 6.45) is -0.995. The van der Waals surface area contributed by atoms with Gasteiger partial charge in [0.05, 0.1) is 12.3 Å². The molecule has 134 valence electrons. The molecule has 0 aliphatic heterocycles. The summed E-state index contributed by atoms with van der Waals surface area (Å²) in [7, 11) is 0. The third kappa shape index (κ3) is 3.85. The molecule has 0 unspecified atom stereocenters. The summed E-state index contributed by atoms with van der Waals surface area (Å²) in [5.41, 5.74) is 1.10. The van der Waals surface area contributed by atoms with Crippen molar-refractivity contribution >= 4 is 28.5 Å². The Balaban J connectivity index is 1.66. The first-order valence-electron chi connectivity index (χ1n) is 8.30. The molecule has 1 aromatic heterocycles. The maximum atomic E-state index is 12.3. The average molecular weight is 353 g/mol. The number of ether oxygens (including phenoxy) is 2. The fourth-order valence-corrected chi connectivity index (χ4v) is 2.44. The van der Waals surface area contributed by atoms with Crippen molar-refractivity contribution < 1.29 is 23.5 Å². The molecule has 0 fully saturated rings. The van der Waals surface area contributed by atoms with Gasteiger partial charge in [0, 0.05) is 5.39 Å². The fraction of sp³-hybridized carbons (Fsp3) is 0.200. The zero-order valence-corrected chi connectivity index (χ0v) is 14.5. The molecule has 0 aliphatic carbocycles. The van der Waals surface area contributed by atoms with E-state index in [0.717, 1.165) is 5.39 Å². The molecule has 1 heterocycles. The van der Waals surface area contributed by atoms with Gasteiger partial charge in [-0.1, -0.05) is 30.3 Å². The Kier molecular flexibility index (Phi) is 5.22. The number of nitrogens with one attached hydrogen (secondary N) is 1. The van der Waals surface area contributed by atoms with Gasteiger partial charge < -0.3 is 19.2 Å². The summed E-state index contributed by atoms with van der Waals surface area (Å²) in [6, 6.07) is 15.9. The summed E-state index contributed by atoms with van der Waals surface area (Å²) in [5, 5.41) is 3.50. The standard InChI is InChI=1S/C20H19NO5/c1-3-24-17-11-7-5-9-15(17)21-19(22)13(2)25-20(23)18-12-14-8-4-6-10-16(14)26-18/h4-13H,3H2,1-2H3,(H,21,22)/t13-/m0/s1. The highest BCUT2D eigenvalue weighted by Crippen LogP contribution is 2.24. The maximum absolute atomic E-state index is 12.3. The molecule has 1 atom stereocenters. The molecular weight excluding hydrogens is 334 g/mol. The summed E-state index contributed by atoms with van der Waals surface area (Å²) < 4.78 is 16.1. The highest BCUT2D eigenvalue weighted by molar-refractivity contribution is 5.98. The van der Waals surface area contributed by atoms with Crippen molar-refractivity contribution in [2.45, 2.75) is 20.0 Å². The Morgan fingerprint density at radius 3 is 2.62 bits per heavy atom. The van der Waals surface area contributed by atoms with E-state index < -0.39 is 18.0 Å². The molecule has 0 bridgehead atoms. The zero-order chi connectivity index (χ0) is 18.5. The predicted molar refractivity (Wildman–Crippen MR) is 97.3 cm³/mol. The van der Waals surface area contributed by atoms with Crippen LogP contribution in [0.3, 0.4) is 0 Å². The highest BCUT2D eigenvalue weighted by Gasteiger charge is 2.22. The van der Waals surface area contributed by atoms with E-state index in [2.05, 4.69) is 5.32 Å². The van der Waals surface area contributed by atoms with Crippen molar-refractivity contribution in [3.05, 3.63) is 60.4 Å². The van der Waals surface area contributed by atoms with Crippen LogP contribution < -0.4 is 10.1 Å². The van der Waals surface area contributed by atoms with Crippen LogP contribution in [-0.4, -0.2) is 24.6 Å². The van der Waals surface area contributed by atoms with Crippen molar-refractivity contribution in [1.29, 1.82) is 0 Å². The lowest BCUT2D eigenvalue weighted by Gasteiger charge is -2.15. The Labute approximate surface area is 150 Å². The number of carbonyl (C=O) groups is 2. The van der Waals surface area contributed by atoms with Gasteiger partial charge in [-0.15, -0.1) is 0 Å². The van der Waals surface area contributed by atoms with Gasteiger partial charge in [0.25, 0.3) is 5.91 Å². The first-order valence-corrected chi connectivity index (χ1v) is 8.30. The summed E-state index contributed by atoms with van der Waals surface area (Å²) >= 11 is 0. The van der Waals surface area contributed by atoms with Crippen LogP contribution in [0, 0.1) is 0 Å². The molecule has 2 aromatic carbocycles. The molecule has 3 aromatic rings. The molecule has 0 saturated carbocycles. The zero-order valence-electron chi connectivity index (χ0n) is 14.5. The fourth-order valence-electron chi connectivity index (χ4n) is 2.44. The van der Waals surface area contributed by atoms with Crippen molar-refractivity contribution in [2.75, 3.05) is 11.9 Å². The quantitative estimate of drug-likeness (QED) is 0.677. The van der Waals surface area contributed by atoms with Crippen LogP contribution in [0.15, 0.2) is 59.0 Å². The normalized spacial score (nSPS) is 11.8. The largest absolute Gasteiger partial charge is 0.492 e. The Morgan fingerprint density at radius 2 is 1.85 bits per heavy atom. The average Bonchev–Trinajstić information content (AvgIpc) is 3.08. The molecule has 3 rings (SSSR count). The van der Waals surface area contributed by atoms with Crippen molar-refractivity contribution in [2.24, 2.45) is 0 Å². The van der Waals surface area contributed by atoms with E-state index in [1.807, 2.05) is 31.2 Å². The van der Waals surface area contributed by atoms with E-state index in [1.54, 1.807) is 30.3 Å². The molecule has 0 spiro atoms. The summed E-state index contributed by atoms with van der Waals surface area (Å²) in [4.78, 5) is 24.6. The van der Waals surface area contributed by atoms with Crippen LogP contribution in [0.1, 0.15) is 24.4 Å². The number of para-hydroxylation sites is 3. The van der Waals surface area contributed by atoms with Crippen LogP contribution in [0.2, 0.25) is 0 Å². The van der Waals surface area contributed by atoms with Crippen LogP contribution in [0.4, 0.5) is 5.69 Å². The minimum absolute atomic E-state index is 0.0561. The number of fused-ring (bicyclic) bond motifs is 1. The second-order valence-corrected chi connectivity index (χ2v) is 5.61. The minimum atomic E-state index is -0.995. The summed E-state index contributed by atoms with van der Waals surface area (Å²) in [5.74, 6) is -0.539.